The van der Waals surface area contributed by atoms with E-state index in [1.54, 1.807) is 47.8 Å². The molecule has 27 heavy (non-hydrogen) atoms. The minimum absolute atomic E-state index is 0.0675. The number of amides is 1. The molecule has 0 radical (unpaired) electrons. The van der Waals surface area contributed by atoms with Crippen LogP contribution in [-0.2, 0) is 4.79 Å². The van der Waals surface area contributed by atoms with Gasteiger partial charge >= 0.3 is 0 Å². The molecular formula is C19H13Cl3N2O2S. The van der Waals surface area contributed by atoms with Crippen LogP contribution in [0.15, 0.2) is 47.8 Å². The summed E-state index contributed by atoms with van der Waals surface area (Å²) >= 11 is 19.2. The monoisotopic (exact) mass is 438 g/mol. The van der Waals surface area contributed by atoms with Crippen LogP contribution >= 0.6 is 46.1 Å². The van der Waals surface area contributed by atoms with Crippen molar-refractivity contribution in [1.29, 1.82) is 0 Å². The van der Waals surface area contributed by atoms with Crippen LogP contribution in [0.25, 0.3) is 11.3 Å². The molecule has 0 atom stereocenters. The van der Waals surface area contributed by atoms with Crippen molar-refractivity contribution < 1.29 is 9.59 Å². The van der Waals surface area contributed by atoms with Gasteiger partial charge in [0.15, 0.2) is 10.9 Å². The van der Waals surface area contributed by atoms with Crippen molar-refractivity contribution in [3.8, 4) is 11.3 Å². The van der Waals surface area contributed by atoms with E-state index >= 15 is 0 Å². The molecule has 138 valence electrons. The van der Waals surface area contributed by atoms with Crippen molar-refractivity contribution in [3.63, 3.8) is 0 Å². The lowest BCUT2D eigenvalue weighted by Crippen LogP contribution is -2.13. The molecule has 0 saturated heterocycles. The van der Waals surface area contributed by atoms with Crippen LogP contribution in [0.2, 0.25) is 15.1 Å². The molecule has 1 heterocycles. The van der Waals surface area contributed by atoms with Crippen molar-refractivity contribution in [2.24, 2.45) is 0 Å². The second kappa shape index (κ2) is 8.85. The first-order valence-electron chi connectivity index (χ1n) is 7.92. The highest BCUT2D eigenvalue weighted by molar-refractivity contribution is 7.14. The van der Waals surface area contributed by atoms with Gasteiger partial charge in [0.05, 0.1) is 10.7 Å². The van der Waals surface area contributed by atoms with E-state index in [9.17, 15) is 9.59 Å². The summed E-state index contributed by atoms with van der Waals surface area (Å²) in [6.07, 6.45) is 0.173. The van der Waals surface area contributed by atoms with E-state index in [1.165, 1.54) is 11.3 Å². The number of nitrogens with zero attached hydrogens (tertiary/aromatic N) is 1. The zero-order valence-corrected chi connectivity index (χ0v) is 16.9. The molecule has 0 fully saturated rings. The maximum atomic E-state index is 12.1. The lowest BCUT2D eigenvalue weighted by molar-refractivity contribution is -0.116. The van der Waals surface area contributed by atoms with Gasteiger partial charge in [-0.2, -0.15) is 0 Å². The van der Waals surface area contributed by atoms with Crippen LogP contribution in [0.3, 0.4) is 0 Å². The molecule has 3 aromatic rings. The van der Waals surface area contributed by atoms with Crippen LogP contribution in [0.1, 0.15) is 23.2 Å². The van der Waals surface area contributed by atoms with E-state index < -0.39 is 0 Å². The predicted octanol–water partition coefficient (Wildman–Crippen LogP) is 6.37. The third-order valence-electron chi connectivity index (χ3n) is 3.70. The second-order valence-corrected chi connectivity index (χ2v) is 7.78. The molecule has 1 amide bonds. The fourth-order valence-electron chi connectivity index (χ4n) is 2.34. The molecule has 1 aromatic heterocycles. The van der Waals surface area contributed by atoms with Gasteiger partial charge in [0.25, 0.3) is 0 Å². The van der Waals surface area contributed by atoms with Crippen LogP contribution in [-0.4, -0.2) is 16.7 Å². The van der Waals surface area contributed by atoms with Gasteiger partial charge in [-0.05, 0) is 42.5 Å². The molecule has 1 N–H and O–H groups in total. The average molecular weight is 440 g/mol. The minimum Gasteiger partial charge on any atom is -0.302 e. The van der Waals surface area contributed by atoms with Gasteiger partial charge in [-0.25, -0.2) is 4.98 Å². The molecule has 0 saturated carbocycles. The molecule has 4 nitrogen and oxygen atoms in total. The van der Waals surface area contributed by atoms with Crippen molar-refractivity contribution in [3.05, 3.63) is 68.5 Å². The first-order valence-corrected chi connectivity index (χ1v) is 9.93. The number of carbonyl (C=O) groups excluding carboxylic acids is 2. The molecule has 8 heteroatoms. The number of Topliss-reactive ketones (excluding diaryl/α,β-unsaturated/α-hetero) is 1. The quantitative estimate of drug-likeness (QED) is 0.454. The first-order chi connectivity index (χ1) is 12.9. The summed E-state index contributed by atoms with van der Waals surface area (Å²) in [6, 6.07) is 11.7. The number of thiazole rings is 1. The largest absolute Gasteiger partial charge is 0.302 e. The van der Waals surface area contributed by atoms with Gasteiger partial charge in [-0.1, -0.05) is 34.8 Å². The number of halogens is 3. The fraction of sp³-hybridized carbons (Fsp3) is 0.105. The van der Waals surface area contributed by atoms with Crippen LogP contribution in [0, 0.1) is 0 Å². The summed E-state index contributed by atoms with van der Waals surface area (Å²) in [5, 5.41) is 6.53. The average Bonchev–Trinajstić information content (AvgIpc) is 3.08. The Morgan fingerprint density at radius 3 is 2.37 bits per heavy atom. The smallest absolute Gasteiger partial charge is 0.226 e. The maximum absolute atomic E-state index is 12.1. The highest BCUT2D eigenvalue weighted by Gasteiger charge is 2.13. The number of hydrogen-bond donors (Lipinski definition) is 1. The van der Waals surface area contributed by atoms with Gasteiger partial charge in [-0.15, -0.1) is 11.3 Å². The van der Waals surface area contributed by atoms with Crippen LogP contribution in [0.4, 0.5) is 5.13 Å². The highest BCUT2D eigenvalue weighted by Crippen LogP contribution is 2.32. The Hall–Kier alpha value is -1.92. The third kappa shape index (κ3) is 5.30. The Labute approximate surface area is 175 Å². The van der Waals surface area contributed by atoms with E-state index in [2.05, 4.69) is 10.3 Å². The van der Waals surface area contributed by atoms with E-state index in [-0.39, 0.29) is 24.5 Å². The van der Waals surface area contributed by atoms with Crippen molar-refractivity contribution >= 4 is 63.0 Å². The van der Waals surface area contributed by atoms with E-state index in [4.69, 9.17) is 34.8 Å². The molecule has 2 aromatic carbocycles. The standard InChI is InChI=1S/C19H13Cl3N2O2S/c20-12-3-1-11(2-4-12)17(25)7-8-18(26)24-19-23-16(10-27-19)14-6-5-13(21)9-15(14)22/h1-6,9-10H,7-8H2,(H,23,24,26). The number of ketones is 1. The lowest BCUT2D eigenvalue weighted by atomic mass is 10.1. The molecule has 0 bridgehead atoms. The fourth-order valence-corrected chi connectivity index (χ4v) is 3.70. The maximum Gasteiger partial charge on any atom is 0.226 e. The number of benzene rings is 2. The number of anilines is 1. The zero-order chi connectivity index (χ0) is 19.4. The molecule has 0 spiro atoms. The van der Waals surface area contributed by atoms with E-state index in [0.29, 0.717) is 31.5 Å². The summed E-state index contributed by atoms with van der Waals surface area (Å²) in [6.45, 7) is 0. The summed E-state index contributed by atoms with van der Waals surface area (Å²) in [4.78, 5) is 28.6. The summed E-state index contributed by atoms with van der Waals surface area (Å²) in [7, 11) is 0. The minimum atomic E-state index is -0.277. The van der Waals surface area contributed by atoms with Gasteiger partial charge in [0, 0.05) is 39.4 Å². The number of rotatable bonds is 6. The van der Waals surface area contributed by atoms with Gasteiger partial charge < -0.3 is 5.32 Å². The Balaban J connectivity index is 1.58. The predicted molar refractivity (Wildman–Crippen MR) is 111 cm³/mol. The Kier molecular flexibility index (Phi) is 6.50. The highest BCUT2D eigenvalue weighted by atomic mass is 35.5. The lowest BCUT2D eigenvalue weighted by Gasteiger charge is -2.03. The molecule has 0 aliphatic rings. The molecule has 0 aliphatic carbocycles. The number of carbonyl (C=O) groups is 2. The van der Waals surface area contributed by atoms with Gasteiger partial charge in [0.2, 0.25) is 5.91 Å². The van der Waals surface area contributed by atoms with Crippen molar-refractivity contribution in [1.82, 2.24) is 4.98 Å². The first kappa shape index (κ1) is 19.8. The zero-order valence-electron chi connectivity index (χ0n) is 13.8. The number of hydrogen-bond acceptors (Lipinski definition) is 4. The van der Waals surface area contributed by atoms with Gasteiger partial charge in [0.1, 0.15) is 0 Å². The van der Waals surface area contributed by atoms with Crippen LogP contribution < -0.4 is 5.32 Å². The number of nitrogens with one attached hydrogen (secondary N) is 1. The molecule has 0 unspecified atom stereocenters. The summed E-state index contributed by atoms with van der Waals surface area (Å²) in [5.74, 6) is -0.394. The topological polar surface area (TPSA) is 59.1 Å². The number of aromatic nitrogens is 1. The normalized spacial score (nSPS) is 10.6. The van der Waals surface area contributed by atoms with Crippen molar-refractivity contribution in [2.45, 2.75) is 12.8 Å². The third-order valence-corrected chi connectivity index (χ3v) is 5.26. The Bertz CT molecular complexity index is 987. The molecule has 3 rings (SSSR count). The Morgan fingerprint density at radius 2 is 1.67 bits per heavy atom. The van der Waals surface area contributed by atoms with Crippen molar-refractivity contribution in [2.75, 3.05) is 5.32 Å². The summed E-state index contributed by atoms with van der Waals surface area (Å²) < 4.78 is 0. The summed E-state index contributed by atoms with van der Waals surface area (Å²) in [5.41, 5.74) is 1.91. The van der Waals surface area contributed by atoms with Gasteiger partial charge in [-0.3, -0.25) is 9.59 Å². The second-order valence-electron chi connectivity index (χ2n) is 5.64. The molecule has 0 aliphatic heterocycles. The molecular weight excluding hydrogens is 427 g/mol. The van der Waals surface area contributed by atoms with E-state index in [1.807, 2.05) is 0 Å². The SMILES string of the molecule is O=C(CCC(=O)c1ccc(Cl)cc1)Nc1nc(-c2ccc(Cl)cc2Cl)cs1. The van der Waals surface area contributed by atoms with Crippen LogP contribution in [0.5, 0.6) is 0 Å². The Morgan fingerprint density at radius 1 is 0.963 bits per heavy atom. The van der Waals surface area contributed by atoms with E-state index in [0.717, 1.165) is 5.56 Å².